The van der Waals surface area contributed by atoms with Gasteiger partial charge in [-0.1, -0.05) is 6.42 Å². The van der Waals surface area contributed by atoms with Crippen molar-refractivity contribution in [1.29, 1.82) is 0 Å². The summed E-state index contributed by atoms with van der Waals surface area (Å²) in [6.45, 7) is 4.85. The average Bonchev–Trinajstić information content (AvgIpc) is 2.35. The predicted octanol–water partition coefficient (Wildman–Crippen LogP) is 0.341. The number of rotatable bonds is 7. The lowest BCUT2D eigenvalue weighted by Crippen LogP contribution is -2.52. The minimum atomic E-state index is 0.0960. The molecule has 1 heterocycles. The molecule has 0 aliphatic carbocycles. The first kappa shape index (κ1) is 15.4. The molecule has 1 rings (SSSR count). The highest BCUT2D eigenvalue weighted by molar-refractivity contribution is 5.78. The monoisotopic (exact) mass is 257 g/mol. The van der Waals surface area contributed by atoms with Crippen molar-refractivity contribution in [2.45, 2.75) is 44.7 Å². The number of nitrogens with one attached hydrogen (secondary N) is 1. The minimum Gasteiger partial charge on any atom is -0.385 e. The largest absolute Gasteiger partial charge is 0.385 e. The van der Waals surface area contributed by atoms with Crippen LogP contribution in [0.25, 0.3) is 0 Å². The van der Waals surface area contributed by atoms with Gasteiger partial charge in [0.25, 0.3) is 0 Å². The lowest BCUT2D eigenvalue weighted by Gasteiger charge is -2.37. The van der Waals surface area contributed by atoms with Crippen molar-refractivity contribution in [1.82, 2.24) is 10.2 Å². The van der Waals surface area contributed by atoms with Gasteiger partial charge in [-0.05, 0) is 32.7 Å². The van der Waals surface area contributed by atoms with Crippen LogP contribution in [0.1, 0.15) is 32.6 Å². The maximum absolute atomic E-state index is 11.8. The summed E-state index contributed by atoms with van der Waals surface area (Å²) in [6, 6.07) is 0.482. The maximum atomic E-state index is 11.8. The number of nitrogens with two attached hydrogens (primary N) is 1. The summed E-state index contributed by atoms with van der Waals surface area (Å²) < 4.78 is 4.94. The number of amides is 1. The third-order valence-electron chi connectivity index (χ3n) is 3.47. The molecule has 0 spiro atoms. The smallest absolute Gasteiger partial charge is 0.234 e. The molecule has 0 aromatic rings. The molecule has 5 heteroatoms. The second-order valence-electron chi connectivity index (χ2n) is 5.09. The van der Waals surface area contributed by atoms with Crippen LogP contribution in [0.4, 0.5) is 0 Å². The van der Waals surface area contributed by atoms with Crippen molar-refractivity contribution in [3.8, 4) is 0 Å². The fourth-order valence-corrected chi connectivity index (χ4v) is 2.49. The van der Waals surface area contributed by atoms with Crippen LogP contribution in [0, 0.1) is 0 Å². The third-order valence-corrected chi connectivity index (χ3v) is 3.47. The van der Waals surface area contributed by atoms with Gasteiger partial charge in [0.1, 0.15) is 0 Å². The molecular weight excluding hydrogens is 230 g/mol. The summed E-state index contributed by atoms with van der Waals surface area (Å²) in [6.07, 6.45) is 4.35. The number of carbonyl (C=O) groups excluding carboxylic acids is 1. The highest BCUT2D eigenvalue weighted by Gasteiger charge is 2.26. The molecule has 2 unspecified atom stereocenters. The summed E-state index contributed by atoms with van der Waals surface area (Å²) in [5.41, 5.74) is 5.98. The second kappa shape index (κ2) is 8.45. The van der Waals surface area contributed by atoms with Crippen molar-refractivity contribution in [2.24, 2.45) is 5.73 Å². The Balaban J connectivity index is 2.28. The summed E-state index contributed by atoms with van der Waals surface area (Å²) in [4.78, 5) is 14.0. The van der Waals surface area contributed by atoms with E-state index in [1.54, 1.807) is 7.11 Å². The van der Waals surface area contributed by atoms with Gasteiger partial charge in [0, 0.05) is 32.3 Å². The van der Waals surface area contributed by atoms with E-state index < -0.39 is 0 Å². The molecule has 1 aliphatic heterocycles. The van der Waals surface area contributed by atoms with Gasteiger partial charge in [0.2, 0.25) is 5.91 Å². The number of methoxy groups -OCH3 is 1. The van der Waals surface area contributed by atoms with Gasteiger partial charge in [-0.25, -0.2) is 0 Å². The highest BCUT2D eigenvalue weighted by atomic mass is 16.5. The van der Waals surface area contributed by atoms with Crippen LogP contribution < -0.4 is 11.1 Å². The Hall–Kier alpha value is -0.650. The van der Waals surface area contributed by atoms with Crippen LogP contribution in [-0.2, 0) is 9.53 Å². The standard InChI is InChI=1S/C13H27N3O2/c1-11(14)12-6-3-4-8-16(12)10-13(17)15-7-5-9-18-2/h11-12H,3-10,14H2,1-2H3,(H,15,17). The zero-order valence-electron chi connectivity index (χ0n) is 11.7. The van der Waals surface area contributed by atoms with Crippen LogP contribution in [0.15, 0.2) is 0 Å². The normalized spacial score (nSPS) is 22.7. The van der Waals surface area contributed by atoms with Crippen molar-refractivity contribution < 1.29 is 9.53 Å². The number of hydrogen-bond acceptors (Lipinski definition) is 4. The summed E-state index contributed by atoms with van der Waals surface area (Å²) in [5.74, 6) is 0.0960. The van der Waals surface area contributed by atoms with E-state index in [1.165, 1.54) is 12.8 Å². The first-order valence-corrected chi connectivity index (χ1v) is 6.90. The van der Waals surface area contributed by atoms with E-state index >= 15 is 0 Å². The number of hydrogen-bond donors (Lipinski definition) is 2. The zero-order chi connectivity index (χ0) is 13.4. The molecule has 2 atom stereocenters. The highest BCUT2D eigenvalue weighted by Crippen LogP contribution is 2.18. The third kappa shape index (κ3) is 5.33. The SMILES string of the molecule is COCCCNC(=O)CN1CCCCC1C(C)N. The van der Waals surface area contributed by atoms with Crippen LogP contribution in [0.2, 0.25) is 0 Å². The number of piperidine rings is 1. The fourth-order valence-electron chi connectivity index (χ4n) is 2.49. The lowest BCUT2D eigenvalue weighted by atomic mass is 9.97. The summed E-state index contributed by atoms with van der Waals surface area (Å²) in [7, 11) is 1.67. The Bertz CT molecular complexity index is 246. The molecular formula is C13H27N3O2. The van der Waals surface area contributed by atoms with Crippen LogP contribution in [0.3, 0.4) is 0 Å². The topological polar surface area (TPSA) is 67.6 Å². The van der Waals surface area contributed by atoms with Crippen molar-refractivity contribution in [3.05, 3.63) is 0 Å². The van der Waals surface area contributed by atoms with Gasteiger partial charge >= 0.3 is 0 Å². The Labute approximate surface area is 110 Å². The summed E-state index contributed by atoms with van der Waals surface area (Å²) in [5, 5.41) is 2.92. The number of nitrogens with zero attached hydrogens (tertiary/aromatic N) is 1. The molecule has 18 heavy (non-hydrogen) atoms. The number of ether oxygens (including phenoxy) is 1. The van der Waals surface area contributed by atoms with E-state index in [0.29, 0.717) is 25.7 Å². The van der Waals surface area contributed by atoms with Crippen LogP contribution >= 0.6 is 0 Å². The van der Waals surface area contributed by atoms with Crippen molar-refractivity contribution in [3.63, 3.8) is 0 Å². The van der Waals surface area contributed by atoms with Gasteiger partial charge in [-0.3, -0.25) is 9.69 Å². The molecule has 0 radical (unpaired) electrons. The van der Waals surface area contributed by atoms with Gasteiger partial charge in [-0.15, -0.1) is 0 Å². The van der Waals surface area contributed by atoms with E-state index in [2.05, 4.69) is 10.2 Å². The predicted molar refractivity (Wildman–Crippen MR) is 72.4 cm³/mol. The minimum absolute atomic E-state index is 0.0960. The van der Waals surface area contributed by atoms with Gasteiger partial charge in [-0.2, -0.15) is 0 Å². The molecule has 1 amide bonds. The molecule has 0 bridgehead atoms. The molecule has 1 fully saturated rings. The molecule has 0 aromatic carbocycles. The molecule has 1 aliphatic rings. The molecule has 0 saturated carbocycles. The first-order chi connectivity index (χ1) is 8.65. The Morgan fingerprint density at radius 2 is 2.33 bits per heavy atom. The molecule has 3 N–H and O–H groups in total. The molecule has 5 nitrogen and oxygen atoms in total. The number of likely N-dealkylation sites (tertiary alicyclic amines) is 1. The van der Waals surface area contributed by atoms with Crippen LogP contribution in [-0.4, -0.2) is 56.2 Å². The van der Waals surface area contributed by atoms with E-state index in [4.69, 9.17) is 10.5 Å². The Morgan fingerprint density at radius 3 is 3.00 bits per heavy atom. The zero-order valence-corrected chi connectivity index (χ0v) is 11.7. The van der Waals surface area contributed by atoms with E-state index in [9.17, 15) is 4.79 Å². The van der Waals surface area contributed by atoms with Gasteiger partial charge in [0.15, 0.2) is 0 Å². The number of carbonyl (C=O) groups is 1. The molecule has 106 valence electrons. The van der Waals surface area contributed by atoms with Crippen LogP contribution in [0.5, 0.6) is 0 Å². The van der Waals surface area contributed by atoms with Crippen molar-refractivity contribution >= 4 is 5.91 Å². The molecule has 0 aromatic heterocycles. The van der Waals surface area contributed by atoms with Gasteiger partial charge in [0.05, 0.1) is 6.54 Å². The molecule has 1 saturated heterocycles. The first-order valence-electron chi connectivity index (χ1n) is 6.90. The van der Waals surface area contributed by atoms with E-state index in [1.807, 2.05) is 6.92 Å². The van der Waals surface area contributed by atoms with Crippen molar-refractivity contribution in [2.75, 3.05) is 33.4 Å². The average molecular weight is 257 g/mol. The summed E-state index contributed by atoms with van der Waals surface area (Å²) >= 11 is 0. The lowest BCUT2D eigenvalue weighted by molar-refractivity contribution is -0.123. The Morgan fingerprint density at radius 1 is 1.56 bits per heavy atom. The van der Waals surface area contributed by atoms with Gasteiger partial charge < -0.3 is 15.8 Å². The Kier molecular flexibility index (Phi) is 7.23. The van der Waals surface area contributed by atoms with E-state index in [0.717, 1.165) is 19.4 Å². The van der Waals surface area contributed by atoms with E-state index in [-0.39, 0.29) is 11.9 Å². The quantitative estimate of drug-likeness (QED) is 0.645. The second-order valence-corrected chi connectivity index (χ2v) is 5.09. The fraction of sp³-hybridized carbons (Fsp3) is 0.923. The maximum Gasteiger partial charge on any atom is 0.234 e.